The summed E-state index contributed by atoms with van der Waals surface area (Å²) in [5.41, 5.74) is 3.65. The van der Waals surface area contributed by atoms with Crippen molar-refractivity contribution in [1.29, 1.82) is 0 Å². The summed E-state index contributed by atoms with van der Waals surface area (Å²) in [7, 11) is 1.72. The number of aryl methyl sites for hydroxylation is 2. The first-order valence-electron chi connectivity index (χ1n) is 8.80. The quantitative estimate of drug-likeness (QED) is 0.665. The summed E-state index contributed by atoms with van der Waals surface area (Å²) in [6.07, 6.45) is 0.464. The zero-order chi connectivity index (χ0) is 18.2. The molecule has 0 aliphatic heterocycles. The fraction of sp³-hybridized carbons (Fsp3) is 0.700. The molecule has 1 atom stereocenters. The van der Waals surface area contributed by atoms with Crippen molar-refractivity contribution in [2.24, 2.45) is 0 Å². The van der Waals surface area contributed by atoms with Crippen molar-refractivity contribution in [2.75, 3.05) is 33.4 Å². The molecular formula is C20H35NO3. The Bertz CT molecular complexity index is 482. The highest BCUT2D eigenvalue weighted by Gasteiger charge is 2.17. The highest BCUT2D eigenvalue weighted by Crippen LogP contribution is 2.15. The van der Waals surface area contributed by atoms with Crippen LogP contribution in [0.15, 0.2) is 18.2 Å². The van der Waals surface area contributed by atoms with E-state index in [0.29, 0.717) is 13.2 Å². The van der Waals surface area contributed by atoms with Crippen molar-refractivity contribution < 1.29 is 14.6 Å². The van der Waals surface area contributed by atoms with Gasteiger partial charge in [0, 0.05) is 33.4 Å². The molecule has 1 rings (SSSR count). The molecule has 1 aromatic carbocycles. The molecule has 0 bridgehead atoms. The second-order valence-corrected chi connectivity index (χ2v) is 7.59. The number of rotatable bonds is 10. The van der Waals surface area contributed by atoms with Gasteiger partial charge in [0.05, 0.1) is 18.3 Å². The van der Waals surface area contributed by atoms with Crippen molar-refractivity contribution in [3.8, 4) is 0 Å². The Hall–Kier alpha value is -0.940. The monoisotopic (exact) mass is 337 g/mol. The van der Waals surface area contributed by atoms with Crippen LogP contribution in [-0.4, -0.2) is 55.1 Å². The molecule has 0 fully saturated rings. The molecule has 24 heavy (non-hydrogen) atoms. The van der Waals surface area contributed by atoms with Crippen LogP contribution in [0.1, 0.15) is 43.9 Å². The summed E-state index contributed by atoms with van der Waals surface area (Å²) in [4.78, 5) is 2.29. The van der Waals surface area contributed by atoms with E-state index in [-0.39, 0.29) is 5.60 Å². The number of aliphatic hydroxyl groups excluding tert-OH is 1. The summed E-state index contributed by atoms with van der Waals surface area (Å²) < 4.78 is 10.9. The maximum absolute atomic E-state index is 10.3. The van der Waals surface area contributed by atoms with Crippen molar-refractivity contribution in [2.45, 2.75) is 59.3 Å². The van der Waals surface area contributed by atoms with Gasteiger partial charge in [-0.1, -0.05) is 23.8 Å². The van der Waals surface area contributed by atoms with Crippen LogP contribution in [0.2, 0.25) is 0 Å². The first kappa shape index (κ1) is 21.1. The van der Waals surface area contributed by atoms with Gasteiger partial charge >= 0.3 is 0 Å². The number of methoxy groups -OCH3 is 1. The fourth-order valence-electron chi connectivity index (χ4n) is 2.58. The first-order valence-corrected chi connectivity index (χ1v) is 8.80. The Morgan fingerprint density at radius 2 is 1.92 bits per heavy atom. The Balaban J connectivity index is 2.67. The van der Waals surface area contributed by atoms with E-state index in [4.69, 9.17) is 9.47 Å². The molecule has 0 amide bonds. The van der Waals surface area contributed by atoms with Crippen LogP contribution in [0, 0.1) is 13.8 Å². The molecule has 0 saturated carbocycles. The van der Waals surface area contributed by atoms with Crippen LogP contribution < -0.4 is 0 Å². The highest BCUT2D eigenvalue weighted by atomic mass is 16.5. The third kappa shape index (κ3) is 8.78. The van der Waals surface area contributed by atoms with Gasteiger partial charge < -0.3 is 14.6 Å². The maximum Gasteiger partial charge on any atom is 0.0900 e. The Labute approximate surface area is 147 Å². The third-order valence-electron chi connectivity index (χ3n) is 3.90. The lowest BCUT2D eigenvalue weighted by atomic mass is 10.0. The lowest BCUT2D eigenvalue weighted by Crippen LogP contribution is -2.37. The van der Waals surface area contributed by atoms with Crippen molar-refractivity contribution in [3.05, 3.63) is 34.9 Å². The molecule has 1 aromatic rings. The SMILES string of the molecule is COCCCN(Cc1cc(C)ccc1C)CC(O)COC(C)(C)C. The largest absolute Gasteiger partial charge is 0.389 e. The average molecular weight is 338 g/mol. The van der Waals surface area contributed by atoms with Gasteiger partial charge in [-0.05, 0) is 52.2 Å². The molecule has 0 aromatic heterocycles. The van der Waals surface area contributed by atoms with Gasteiger partial charge in [-0.15, -0.1) is 0 Å². The highest BCUT2D eigenvalue weighted by molar-refractivity contribution is 5.30. The third-order valence-corrected chi connectivity index (χ3v) is 3.90. The van der Waals surface area contributed by atoms with Gasteiger partial charge in [-0.25, -0.2) is 0 Å². The lowest BCUT2D eigenvalue weighted by Gasteiger charge is -2.28. The predicted molar refractivity (Wildman–Crippen MR) is 99.4 cm³/mol. The van der Waals surface area contributed by atoms with Crippen LogP contribution in [0.4, 0.5) is 0 Å². The van der Waals surface area contributed by atoms with Gasteiger partial charge in [0.2, 0.25) is 0 Å². The van der Waals surface area contributed by atoms with Gasteiger partial charge in [0.15, 0.2) is 0 Å². The molecule has 4 heteroatoms. The lowest BCUT2D eigenvalue weighted by molar-refractivity contribution is -0.0569. The van der Waals surface area contributed by atoms with Crippen LogP contribution in [0.5, 0.6) is 0 Å². The fourth-order valence-corrected chi connectivity index (χ4v) is 2.58. The molecule has 138 valence electrons. The Morgan fingerprint density at radius 1 is 1.21 bits per heavy atom. The molecule has 1 unspecified atom stereocenters. The van der Waals surface area contributed by atoms with Crippen molar-refractivity contribution in [1.82, 2.24) is 4.90 Å². The molecule has 0 aliphatic rings. The average Bonchev–Trinajstić information content (AvgIpc) is 2.48. The minimum absolute atomic E-state index is 0.227. The topological polar surface area (TPSA) is 41.9 Å². The number of hydrogen-bond acceptors (Lipinski definition) is 4. The van der Waals surface area contributed by atoms with Crippen LogP contribution in [0.3, 0.4) is 0 Å². The van der Waals surface area contributed by atoms with Crippen LogP contribution in [0.25, 0.3) is 0 Å². The standard InChI is InChI=1S/C20H35NO3/c1-16-8-9-17(2)18(12-16)13-21(10-7-11-23-6)14-19(22)15-24-20(3,4)5/h8-9,12,19,22H,7,10-11,13-15H2,1-6H3. The van der Waals surface area contributed by atoms with E-state index in [2.05, 4.69) is 36.9 Å². The van der Waals surface area contributed by atoms with E-state index >= 15 is 0 Å². The van der Waals surface area contributed by atoms with Gasteiger partial charge in [0.1, 0.15) is 0 Å². The molecule has 0 saturated heterocycles. The Kier molecular flexibility index (Phi) is 8.92. The number of aliphatic hydroxyl groups is 1. The van der Waals surface area contributed by atoms with Gasteiger partial charge in [0.25, 0.3) is 0 Å². The summed E-state index contributed by atoms with van der Waals surface area (Å²) >= 11 is 0. The summed E-state index contributed by atoms with van der Waals surface area (Å²) in [6, 6.07) is 6.54. The van der Waals surface area contributed by atoms with Gasteiger partial charge in [-0.3, -0.25) is 4.90 Å². The number of benzene rings is 1. The molecule has 0 aliphatic carbocycles. The van der Waals surface area contributed by atoms with Crippen molar-refractivity contribution >= 4 is 0 Å². The summed E-state index contributed by atoms with van der Waals surface area (Å²) in [6.45, 7) is 13.7. The second kappa shape index (κ2) is 10.1. The van der Waals surface area contributed by atoms with E-state index in [0.717, 1.165) is 26.1 Å². The van der Waals surface area contributed by atoms with Crippen LogP contribution >= 0.6 is 0 Å². The molecule has 4 nitrogen and oxygen atoms in total. The first-order chi connectivity index (χ1) is 11.2. The van der Waals surface area contributed by atoms with Gasteiger partial charge in [-0.2, -0.15) is 0 Å². The maximum atomic E-state index is 10.3. The summed E-state index contributed by atoms with van der Waals surface area (Å²) in [5, 5.41) is 10.3. The number of nitrogens with zero attached hydrogens (tertiary/aromatic N) is 1. The normalized spacial score (nSPS) is 13.5. The van der Waals surface area contributed by atoms with E-state index in [9.17, 15) is 5.11 Å². The smallest absolute Gasteiger partial charge is 0.0900 e. The molecule has 0 heterocycles. The molecule has 1 N–H and O–H groups in total. The zero-order valence-electron chi connectivity index (χ0n) is 16.3. The molecule has 0 spiro atoms. The van der Waals surface area contributed by atoms with E-state index in [1.54, 1.807) is 7.11 Å². The Morgan fingerprint density at radius 3 is 2.54 bits per heavy atom. The summed E-state index contributed by atoms with van der Waals surface area (Å²) in [5.74, 6) is 0. The minimum atomic E-state index is -0.489. The van der Waals surface area contributed by atoms with Crippen molar-refractivity contribution in [3.63, 3.8) is 0 Å². The van der Waals surface area contributed by atoms with E-state index < -0.39 is 6.10 Å². The zero-order valence-corrected chi connectivity index (χ0v) is 16.3. The van der Waals surface area contributed by atoms with E-state index in [1.165, 1.54) is 16.7 Å². The minimum Gasteiger partial charge on any atom is -0.389 e. The molecule has 0 radical (unpaired) electrons. The number of hydrogen-bond donors (Lipinski definition) is 1. The molecular weight excluding hydrogens is 302 g/mol. The van der Waals surface area contributed by atoms with E-state index in [1.807, 2.05) is 20.8 Å². The second-order valence-electron chi connectivity index (χ2n) is 7.59. The van der Waals surface area contributed by atoms with Crippen LogP contribution in [-0.2, 0) is 16.0 Å². The number of ether oxygens (including phenoxy) is 2. The predicted octanol–water partition coefficient (Wildman–Crippen LogP) is 3.32.